The number of hydrogen-bond donors (Lipinski definition) is 9. The van der Waals surface area contributed by atoms with Crippen molar-refractivity contribution in [3.63, 3.8) is 0 Å². The molecule has 0 bridgehead atoms. The zero-order valence-corrected chi connectivity index (χ0v) is 22.1. The van der Waals surface area contributed by atoms with Crippen molar-refractivity contribution >= 4 is 5.78 Å². The van der Waals surface area contributed by atoms with Gasteiger partial charge in [-0.05, 0) is 36.8 Å². The summed E-state index contributed by atoms with van der Waals surface area (Å²) in [4.78, 5) is 13.6. The number of rotatable bonds is 6. The number of benzene rings is 2. The summed E-state index contributed by atoms with van der Waals surface area (Å²) in [7, 11) is 0. The van der Waals surface area contributed by atoms with E-state index >= 15 is 0 Å². The molecule has 2 aromatic rings. The molecule has 0 aliphatic carbocycles. The number of carbonyl (C=O) groups excluding carboxylic acids is 1. The largest absolute Gasteiger partial charge is 0.508 e. The molecule has 2 saturated heterocycles. The second-order valence-corrected chi connectivity index (χ2v) is 10.4. The van der Waals surface area contributed by atoms with Gasteiger partial charge < -0.3 is 69.6 Å². The molecule has 0 amide bonds. The lowest BCUT2D eigenvalue weighted by molar-refractivity contribution is -0.333. The third-order valence-electron chi connectivity index (χ3n) is 7.53. The molecule has 0 spiro atoms. The summed E-state index contributed by atoms with van der Waals surface area (Å²) < 4.78 is 28.3. The van der Waals surface area contributed by atoms with Gasteiger partial charge in [-0.3, -0.25) is 4.79 Å². The number of hydrogen-bond acceptors (Lipinski definition) is 15. The molecule has 0 aromatic heterocycles. The van der Waals surface area contributed by atoms with Gasteiger partial charge in [-0.1, -0.05) is 6.07 Å². The van der Waals surface area contributed by atoms with E-state index in [1.807, 2.05) is 0 Å². The van der Waals surface area contributed by atoms with Gasteiger partial charge in [0, 0.05) is 6.07 Å². The Bertz CT molecular complexity index is 1290. The number of Topliss-reactive ketones (excluding diaryl/α,β-unsaturated/α-hetero) is 1. The van der Waals surface area contributed by atoms with E-state index in [0.29, 0.717) is 0 Å². The molecule has 3 aliphatic rings. The maximum atomic E-state index is 13.6. The molecular weight excluding hydrogens is 564 g/mol. The van der Waals surface area contributed by atoms with Crippen molar-refractivity contribution in [3.8, 4) is 23.0 Å². The Morgan fingerprint density at radius 3 is 2.17 bits per heavy atom. The molecule has 42 heavy (non-hydrogen) atoms. The molecular formula is C27H32O15. The molecule has 2 fully saturated rings. The van der Waals surface area contributed by atoms with Gasteiger partial charge in [0.05, 0.1) is 18.3 Å². The lowest BCUT2D eigenvalue weighted by Crippen LogP contribution is -2.62. The number of aliphatic hydroxyl groups is 6. The molecule has 2 aromatic carbocycles. The second kappa shape index (κ2) is 11.9. The van der Waals surface area contributed by atoms with Crippen LogP contribution in [-0.4, -0.2) is 126 Å². The zero-order chi connectivity index (χ0) is 30.5. The van der Waals surface area contributed by atoms with E-state index in [2.05, 4.69) is 0 Å². The summed E-state index contributed by atoms with van der Waals surface area (Å²) in [6.07, 6.45) is -18.4. The second-order valence-electron chi connectivity index (χ2n) is 10.4. The monoisotopic (exact) mass is 596 g/mol. The first-order chi connectivity index (χ1) is 19.9. The molecule has 3 heterocycles. The molecule has 9 N–H and O–H groups in total. The van der Waals surface area contributed by atoms with Crippen LogP contribution >= 0.6 is 0 Å². The highest BCUT2D eigenvalue weighted by atomic mass is 16.7. The van der Waals surface area contributed by atoms with Crippen LogP contribution in [0.15, 0.2) is 36.4 Å². The fourth-order valence-corrected chi connectivity index (χ4v) is 5.05. The minimum atomic E-state index is -1.87. The molecule has 15 heteroatoms. The van der Waals surface area contributed by atoms with Crippen molar-refractivity contribution in [2.24, 2.45) is 0 Å². The van der Waals surface area contributed by atoms with Gasteiger partial charge in [-0.25, -0.2) is 0 Å². The Hall–Kier alpha value is -3.09. The normalized spacial score (nSPS) is 38.5. The van der Waals surface area contributed by atoms with Crippen LogP contribution < -0.4 is 4.74 Å². The van der Waals surface area contributed by atoms with Crippen molar-refractivity contribution in [3.05, 3.63) is 47.5 Å². The summed E-state index contributed by atoms with van der Waals surface area (Å²) in [6.45, 7) is 0.896. The standard InChI is InChI=1S/C27H32O15/c1-9-17(31)20(34)22(36)26(39-9)38-8-16-19(33)21(35)23(37)27(41-16)42-25-18(32)12-4-3-11(28)7-15(12)40-24(25)10-2-5-13(29)14(30)6-10/h2-7,9,16-17,19-31,33-37H,8H2,1H3/t9-,16+,17-,19-,20+,21-,22+,23+,24+,25+,26+,27-/m0/s1. The Morgan fingerprint density at radius 1 is 0.762 bits per heavy atom. The Balaban J connectivity index is 1.38. The van der Waals surface area contributed by atoms with Gasteiger partial charge in [0.1, 0.15) is 54.2 Å². The van der Waals surface area contributed by atoms with Crippen molar-refractivity contribution in [2.75, 3.05) is 6.61 Å². The van der Waals surface area contributed by atoms with Crippen molar-refractivity contribution in [1.29, 1.82) is 0 Å². The lowest BCUT2D eigenvalue weighted by atomic mass is 9.92. The predicted octanol–water partition coefficient (Wildman–Crippen LogP) is -1.84. The van der Waals surface area contributed by atoms with Crippen molar-refractivity contribution in [1.82, 2.24) is 0 Å². The number of aromatic hydroxyl groups is 3. The summed E-state index contributed by atoms with van der Waals surface area (Å²) >= 11 is 0. The van der Waals surface area contributed by atoms with E-state index in [-0.39, 0.29) is 22.6 Å². The third-order valence-corrected chi connectivity index (χ3v) is 7.53. The first-order valence-corrected chi connectivity index (χ1v) is 13.1. The van der Waals surface area contributed by atoms with Crippen LogP contribution in [0.3, 0.4) is 0 Å². The number of phenolic OH excluding ortho intramolecular Hbond substituents is 3. The number of aliphatic hydroxyl groups excluding tert-OH is 6. The Kier molecular flexibility index (Phi) is 8.60. The van der Waals surface area contributed by atoms with E-state index < -0.39 is 97.5 Å². The lowest BCUT2D eigenvalue weighted by Gasteiger charge is -2.44. The highest BCUT2D eigenvalue weighted by molar-refractivity contribution is 6.03. The molecule has 0 unspecified atom stereocenters. The topological polar surface area (TPSA) is 245 Å². The van der Waals surface area contributed by atoms with Crippen LogP contribution in [0.4, 0.5) is 0 Å². The summed E-state index contributed by atoms with van der Waals surface area (Å²) in [5.74, 6) is -1.82. The smallest absolute Gasteiger partial charge is 0.199 e. The molecule has 12 atom stereocenters. The first kappa shape index (κ1) is 30.4. The fourth-order valence-electron chi connectivity index (χ4n) is 5.05. The van der Waals surface area contributed by atoms with E-state index in [1.54, 1.807) is 0 Å². The van der Waals surface area contributed by atoms with Gasteiger partial charge >= 0.3 is 0 Å². The number of fused-ring (bicyclic) bond motifs is 1. The minimum Gasteiger partial charge on any atom is -0.508 e. The van der Waals surface area contributed by atoms with E-state index in [4.69, 9.17) is 23.7 Å². The molecule has 5 rings (SSSR count). The first-order valence-electron chi connectivity index (χ1n) is 13.1. The zero-order valence-electron chi connectivity index (χ0n) is 22.1. The molecule has 0 saturated carbocycles. The van der Waals surface area contributed by atoms with E-state index in [9.17, 15) is 50.8 Å². The number of carbonyl (C=O) groups is 1. The fraction of sp³-hybridized carbons (Fsp3) is 0.519. The highest BCUT2D eigenvalue weighted by Gasteiger charge is 2.50. The van der Waals surface area contributed by atoms with E-state index in [0.717, 1.165) is 12.1 Å². The number of ketones is 1. The Labute approximate surface area is 238 Å². The molecule has 15 nitrogen and oxygen atoms in total. The van der Waals surface area contributed by atoms with Crippen LogP contribution in [0, 0.1) is 0 Å². The molecule has 230 valence electrons. The molecule has 3 aliphatic heterocycles. The van der Waals surface area contributed by atoms with Gasteiger partial charge in [-0.15, -0.1) is 0 Å². The third kappa shape index (κ3) is 5.63. The van der Waals surface area contributed by atoms with Crippen LogP contribution in [0.5, 0.6) is 23.0 Å². The quantitative estimate of drug-likeness (QED) is 0.166. The van der Waals surface area contributed by atoms with Crippen molar-refractivity contribution in [2.45, 2.75) is 80.5 Å². The SMILES string of the molecule is C[C@@H]1O[C@@H](OC[C@H]2O[C@@H](O[C@@H]3C(=O)c4ccc(O)cc4O[C@@H]3c3ccc(O)c(O)c3)[C@H](O)[C@@H](O)[C@H]2O)[C@H](O)[C@H](O)[C@H]1O. The maximum absolute atomic E-state index is 13.6. The average Bonchev–Trinajstić information content (AvgIpc) is 2.96. The minimum absolute atomic E-state index is 0.00293. The van der Waals surface area contributed by atoms with Gasteiger partial charge in [0.15, 0.2) is 42.1 Å². The maximum Gasteiger partial charge on any atom is 0.199 e. The van der Waals surface area contributed by atoms with Gasteiger partial charge in [-0.2, -0.15) is 0 Å². The Morgan fingerprint density at radius 2 is 1.45 bits per heavy atom. The van der Waals surface area contributed by atoms with Crippen molar-refractivity contribution < 1.29 is 74.4 Å². The van der Waals surface area contributed by atoms with Gasteiger partial charge in [0.2, 0.25) is 0 Å². The predicted molar refractivity (Wildman–Crippen MR) is 135 cm³/mol. The molecule has 0 radical (unpaired) electrons. The van der Waals surface area contributed by atoms with E-state index in [1.165, 1.54) is 31.2 Å². The van der Waals surface area contributed by atoms with Crippen LogP contribution in [0.2, 0.25) is 0 Å². The number of ether oxygens (including phenoxy) is 5. The van der Waals surface area contributed by atoms with Gasteiger partial charge in [0.25, 0.3) is 0 Å². The summed E-state index contributed by atoms with van der Waals surface area (Å²) in [5.41, 5.74) is 0.183. The van der Waals surface area contributed by atoms with Crippen LogP contribution in [-0.2, 0) is 18.9 Å². The average molecular weight is 597 g/mol. The highest BCUT2D eigenvalue weighted by Crippen LogP contribution is 2.41. The summed E-state index contributed by atoms with van der Waals surface area (Å²) in [5, 5.41) is 91.6. The summed E-state index contributed by atoms with van der Waals surface area (Å²) in [6, 6.07) is 7.39. The van der Waals surface area contributed by atoms with Crippen LogP contribution in [0.25, 0.3) is 0 Å². The number of phenols is 3. The van der Waals surface area contributed by atoms with Crippen LogP contribution in [0.1, 0.15) is 28.9 Å².